The minimum absolute atomic E-state index is 0.496. The molecule has 1 heterocycles. The number of nitrogens with zero attached hydrogens (tertiary/aromatic N) is 1. The summed E-state index contributed by atoms with van der Waals surface area (Å²) in [6.45, 7) is 0. The fourth-order valence-corrected chi connectivity index (χ4v) is 5.00. The van der Waals surface area contributed by atoms with Crippen molar-refractivity contribution < 1.29 is 0 Å². The third-order valence-electron chi connectivity index (χ3n) is 3.53. The number of fused-ring (bicyclic) bond motifs is 1. The molecule has 1 aliphatic carbocycles. The van der Waals surface area contributed by atoms with E-state index in [1.807, 2.05) is 36.6 Å². The van der Waals surface area contributed by atoms with Crippen molar-refractivity contribution in [2.45, 2.75) is 36.0 Å². The molecule has 0 radical (unpaired) electrons. The SMILES string of the molecule is CNC1CCCc2nc(CSc3ccccc3Cl)sc21. The van der Waals surface area contributed by atoms with Crippen LogP contribution in [0.3, 0.4) is 0 Å². The van der Waals surface area contributed by atoms with E-state index in [2.05, 4.69) is 11.4 Å². The second kappa shape index (κ2) is 6.48. The predicted octanol–water partition coefficient (Wildman–Crippen LogP) is 4.69. The van der Waals surface area contributed by atoms with Crippen LogP contribution in [0, 0.1) is 0 Å². The summed E-state index contributed by atoms with van der Waals surface area (Å²) in [5.74, 6) is 0.901. The van der Waals surface area contributed by atoms with E-state index in [-0.39, 0.29) is 0 Å². The van der Waals surface area contributed by atoms with Gasteiger partial charge in [-0.15, -0.1) is 23.1 Å². The Morgan fingerprint density at radius 3 is 3.10 bits per heavy atom. The monoisotopic (exact) mass is 324 g/mol. The Morgan fingerprint density at radius 1 is 1.45 bits per heavy atom. The quantitative estimate of drug-likeness (QED) is 0.826. The molecule has 20 heavy (non-hydrogen) atoms. The molecular formula is C15H17ClN2S2. The smallest absolute Gasteiger partial charge is 0.103 e. The van der Waals surface area contributed by atoms with Gasteiger partial charge >= 0.3 is 0 Å². The molecule has 0 bridgehead atoms. The van der Waals surface area contributed by atoms with Gasteiger partial charge in [0.05, 0.1) is 16.5 Å². The van der Waals surface area contributed by atoms with E-state index >= 15 is 0 Å². The van der Waals surface area contributed by atoms with Gasteiger partial charge in [-0.1, -0.05) is 23.7 Å². The molecule has 0 saturated heterocycles. The van der Waals surface area contributed by atoms with Crippen LogP contribution in [-0.4, -0.2) is 12.0 Å². The number of hydrogen-bond donors (Lipinski definition) is 1. The number of aromatic nitrogens is 1. The van der Waals surface area contributed by atoms with Gasteiger partial charge in [-0.2, -0.15) is 0 Å². The summed E-state index contributed by atoms with van der Waals surface area (Å²) in [6.07, 6.45) is 3.59. The van der Waals surface area contributed by atoms with E-state index in [1.165, 1.54) is 28.4 Å². The summed E-state index contributed by atoms with van der Waals surface area (Å²) in [7, 11) is 2.04. The zero-order chi connectivity index (χ0) is 13.9. The molecule has 2 aromatic rings. The fraction of sp³-hybridized carbons (Fsp3) is 0.400. The van der Waals surface area contributed by atoms with Gasteiger partial charge in [-0.3, -0.25) is 0 Å². The molecule has 1 unspecified atom stereocenters. The summed E-state index contributed by atoms with van der Waals surface area (Å²) in [5.41, 5.74) is 1.30. The molecule has 1 atom stereocenters. The van der Waals surface area contributed by atoms with Gasteiger partial charge in [0, 0.05) is 15.8 Å². The third-order valence-corrected chi connectivity index (χ3v) is 6.45. The molecule has 1 aromatic carbocycles. The molecule has 0 spiro atoms. The lowest BCUT2D eigenvalue weighted by molar-refractivity contribution is 0.501. The Balaban J connectivity index is 1.73. The molecule has 0 amide bonds. The second-order valence-electron chi connectivity index (χ2n) is 4.87. The highest BCUT2D eigenvalue weighted by Gasteiger charge is 2.23. The van der Waals surface area contributed by atoms with Crippen LogP contribution in [0.5, 0.6) is 0 Å². The van der Waals surface area contributed by atoms with Crippen LogP contribution in [-0.2, 0) is 12.2 Å². The van der Waals surface area contributed by atoms with Crippen LogP contribution < -0.4 is 5.32 Å². The molecule has 5 heteroatoms. The normalized spacial score (nSPS) is 18.0. The first kappa shape index (κ1) is 14.4. The van der Waals surface area contributed by atoms with Crippen LogP contribution in [0.4, 0.5) is 0 Å². The maximum Gasteiger partial charge on any atom is 0.103 e. The molecule has 0 fully saturated rings. The van der Waals surface area contributed by atoms with Gasteiger partial charge in [0.15, 0.2) is 0 Å². The van der Waals surface area contributed by atoms with Gasteiger partial charge in [-0.05, 0) is 38.4 Å². The summed E-state index contributed by atoms with van der Waals surface area (Å²) in [5, 5.41) is 5.43. The Bertz CT molecular complexity index is 597. The van der Waals surface area contributed by atoms with Crippen LogP contribution in [0.1, 0.15) is 34.5 Å². The number of nitrogens with one attached hydrogen (secondary N) is 1. The molecular weight excluding hydrogens is 308 g/mol. The van der Waals surface area contributed by atoms with E-state index in [0.717, 1.165) is 22.1 Å². The molecule has 3 rings (SSSR count). The highest BCUT2D eigenvalue weighted by Crippen LogP contribution is 2.36. The average molecular weight is 325 g/mol. The van der Waals surface area contributed by atoms with Crippen molar-refractivity contribution in [2.75, 3.05) is 7.05 Å². The van der Waals surface area contributed by atoms with Crippen molar-refractivity contribution >= 4 is 34.7 Å². The number of halogens is 1. The minimum Gasteiger partial charge on any atom is -0.312 e. The van der Waals surface area contributed by atoms with Gasteiger partial charge in [0.1, 0.15) is 5.01 Å². The average Bonchev–Trinajstić information content (AvgIpc) is 2.89. The fourth-order valence-electron chi connectivity index (χ4n) is 2.51. The topological polar surface area (TPSA) is 24.9 Å². The van der Waals surface area contributed by atoms with E-state index in [4.69, 9.17) is 16.6 Å². The Labute approximate surface area is 133 Å². The Kier molecular flexibility index (Phi) is 4.66. The zero-order valence-corrected chi connectivity index (χ0v) is 13.7. The van der Waals surface area contributed by atoms with Crippen molar-refractivity contribution in [3.8, 4) is 0 Å². The highest BCUT2D eigenvalue weighted by atomic mass is 35.5. The van der Waals surface area contributed by atoms with E-state index in [1.54, 1.807) is 11.8 Å². The van der Waals surface area contributed by atoms with E-state index < -0.39 is 0 Å². The highest BCUT2D eigenvalue weighted by molar-refractivity contribution is 7.98. The standard InChI is InChI=1S/C15H17ClN2S2/c1-17-11-6-4-7-12-15(11)20-14(18-12)9-19-13-8-3-2-5-10(13)16/h2-3,5,8,11,17H,4,6-7,9H2,1H3. The maximum absolute atomic E-state index is 6.19. The molecule has 1 N–H and O–H groups in total. The van der Waals surface area contributed by atoms with E-state index in [0.29, 0.717) is 6.04 Å². The first-order valence-corrected chi connectivity index (χ1v) is 8.99. The Hall–Kier alpha value is -0.550. The third kappa shape index (κ3) is 3.03. The van der Waals surface area contributed by atoms with E-state index in [9.17, 15) is 0 Å². The number of aryl methyl sites for hydroxylation is 1. The molecule has 1 aromatic heterocycles. The summed E-state index contributed by atoms with van der Waals surface area (Å²) in [4.78, 5) is 7.38. The number of thioether (sulfide) groups is 1. The van der Waals surface area contributed by atoms with Gasteiger partial charge in [0.25, 0.3) is 0 Å². The second-order valence-corrected chi connectivity index (χ2v) is 7.41. The van der Waals surface area contributed by atoms with Crippen LogP contribution in [0.25, 0.3) is 0 Å². The lowest BCUT2D eigenvalue weighted by atomic mass is 9.98. The zero-order valence-electron chi connectivity index (χ0n) is 11.4. The van der Waals surface area contributed by atoms with Crippen molar-refractivity contribution in [3.63, 3.8) is 0 Å². The predicted molar refractivity (Wildman–Crippen MR) is 87.9 cm³/mol. The molecule has 2 nitrogen and oxygen atoms in total. The number of benzene rings is 1. The number of hydrogen-bond acceptors (Lipinski definition) is 4. The van der Waals surface area contributed by atoms with Crippen molar-refractivity contribution in [1.29, 1.82) is 0 Å². The van der Waals surface area contributed by atoms with Crippen LogP contribution >= 0.6 is 34.7 Å². The minimum atomic E-state index is 0.496. The lowest BCUT2D eigenvalue weighted by Gasteiger charge is -2.20. The van der Waals surface area contributed by atoms with Crippen molar-refractivity contribution in [2.24, 2.45) is 0 Å². The Morgan fingerprint density at radius 2 is 2.30 bits per heavy atom. The van der Waals surface area contributed by atoms with Gasteiger partial charge in [-0.25, -0.2) is 4.98 Å². The number of rotatable bonds is 4. The van der Waals surface area contributed by atoms with Crippen LogP contribution in [0.15, 0.2) is 29.2 Å². The molecule has 1 aliphatic rings. The van der Waals surface area contributed by atoms with Crippen LogP contribution in [0.2, 0.25) is 5.02 Å². The van der Waals surface area contributed by atoms with Crippen molar-refractivity contribution in [1.82, 2.24) is 10.3 Å². The van der Waals surface area contributed by atoms with Gasteiger partial charge in [0.2, 0.25) is 0 Å². The number of thiazole rings is 1. The maximum atomic E-state index is 6.19. The summed E-state index contributed by atoms with van der Waals surface area (Å²) in [6, 6.07) is 8.49. The molecule has 106 valence electrons. The first-order valence-electron chi connectivity index (χ1n) is 6.81. The lowest BCUT2D eigenvalue weighted by Crippen LogP contribution is -2.19. The van der Waals surface area contributed by atoms with Gasteiger partial charge < -0.3 is 5.32 Å². The van der Waals surface area contributed by atoms with Crippen molar-refractivity contribution in [3.05, 3.63) is 44.9 Å². The largest absolute Gasteiger partial charge is 0.312 e. The summed E-state index contributed by atoms with van der Waals surface area (Å²) >= 11 is 9.81. The first-order chi connectivity index (χ1) is 9.78. The molecule has 0 saturated carbocycles. The molecule has 0 aliphatic heterocycles. The summed E-state index contributed by atoms with van der Waals surface area (Å²) < 4.78 is 0.